The Balaban J connectivity index is 2.31. The van der Waals surface area contributed by atoms with Crippen LogP contribution in [-0.4, -0.2) is 39.5 Å². The molecule has 1 unspecified atom stereocenters. The summed E-state index contributed by atoms with van der Waals surface area (Å²) in [5, 5.41) is 17.7. The van der Waals surface area contributed by atoms with E-state index in [4.69, 9.17) is 11.5 Å². The van der Waals surface area contributed by atoms with Gasteiger partial charge in [-0.25, -0.2) is 9.59 Å². The lowest BCUT2D eigenvalue weighted by Gasteiger charge is -2.12. The van der Waals surface area contributed by atoms with E-state index in [1.54, 1.807) is 17.9 Å². The molecule has 0 aliphatic carbocycles. The lowest BCUT2D eigenvalue weighted by Crippen LogP contribution is -2.46. The number of aryl methyl sites for hydroxylation is 1. The van der Waals surface area contributed by atoms with Crippen LogP contribution in [0, 0.1) is 12.3 Å². The van der Waals surface area contributed by atoms with Crippen LogP contribution in [0.25, 0.3) is 0 Å². The predicted octanol–water partition coefficient (Wildman–Crippen LogP) is -0.262. The molecule has 2 amide bonds. The normalized spacial score (nSPS) is 11.4. The summed E-state index contributed by atoms with van der Waals surface area (Å²) in [6.45, 7) is 0.389. The van der Waals surface area contributed by atoms with Gasteiger partial charge in [0, 0.05) is 26.2 Å². The Morgan fingerprint density at radius 1 is 1.63 bits per heavy atom. The molecule has 1 rings (SSSR count). The molecule has 1 aromatic heterocycles. The SMILES string of the molecule is C#CCC(NC(=O)NCCc1cnn(C)c1)C(=O)O. The summed E-state index contributed by atoms with van der Waals surface area (Å²) in [4.78, 5) is 22.2. The van der Waals surface area contributed by atoms with Gasteiger partial charge in [0.2, 0.25) is 0 Å². The van der Waals surface area contributed by atoms with E-state index >= 15 is 0 Å². The quantitative estimate of drug-likeness (QED) is 0.617. The van der Waals surface area contributed by atoms with E-state index in [-0.39, 0.29) is 6.42 Å². The van der Waals surface area contributed by atoms with Crippen LogP contribution in [0.5, 0.6) is 0 Å². The molecular weight excluding hydrogens is 248 g/mol. The molecule has 0 bridgehead atoms. The Labute approximate surface area is 111 Å². The van der Waals surface area contributed by atoms with E-state index in [1.807, 2.05) is 6.20 Å². The van der Waals surface area contributed by atoms with Crippen LogP contribution in [0.3, 0.4) is 0 Å². The molecule has 1 aromatic rings. The average molecular weight is 264 g/mol. The number of carbonyl (C=O) groups is 2. The first-order valence-electron chi connectivity index (χ1n) is 5.71. The number of carbonyl (C=O) groups excluding carboxylic acids is 1. The second-order valence-corrected chi connectivity index (χ2v) is 3.97. The number of aromatic nitrogens is 2. The summed E-state index contributed by atoms with van der Waals surface area (Å²) in [7, 11) is 1.81. The molecule has 1 heterocycles. The lowest BCUT2D eigenvalue weighted by atomic mass is 10.2. The fraction of sp³-hybridized carbons (Fsp3) is 0.417. The second kappa shape index (κ2) is 7.06. The third-order valence-electron chi connectivity index (χ3n) is 2.38. The van der Waals surface area contributed by atoms with Crippen molar-refractivity contribution in [1.29, 1.82) is 0 Å². The third kappa shape index (κ3) is 5.12. The van der Waals surface area contributed by atoms with E-state index < -0.39 is 18.0 Å². The maximum absolute atomic E-state index is 11.5. The molecule has 0 aliphatic heterocycles. The number of nitrogens with one attached hydrogen (secondary N) is 2. The number of carboxylic acid groups (broad SMARTS) is 1. The minimum atomic E-state index is -1.15. The van der Waals surface area contributed by atoms with Crippen LogP contribution in [0.1, 0.15) is 12.0 Å². The highest BCUT2D eigenvalue weighted by Crippen LogP contribution is 1.96. The van der Waals surface area contributed by atoms with Gasteiger partial charge in [-0.1, -0.05) is 0 Å². The molecular formula is C12H16N4O3. The highest BCUT2D eigenvalue weighted by Gasteiger charge is 2.18. The zero-order valence-corrected chi connectivity index (χ0v) is 10.6. The molecule has 0 aromatic carbocycles. The standard InChI is InChI=1S/C12H16N4O3/c1-3-4-10(11(17)18)15-12(19)13-6-5-9-7-14-16(2)8-9/h1,7-8,10H,4-6H2,2H3,(H,17,18)(H2,13,15,19). The molecule has 7 heteroatoms. The van der Waals surface area contributed by atoms with Gasteiger partial charge in [-0.2, -0.15) is 5.10 Å². The molecule has 0 aliphatic rings. The molecule has 19 heavy (non-hydrogen) atoms. The Hall–Kier alpha value is -2.49. The first kappa shape index (κ1) is 14.6. The van der Waals surface area contributed by atoms with Crippen molar-refractivity contribution >= 4 is 12.0 Å². The maximum Gasteiger partial charge on any atom is 0.327 e. The molecule has 3 N–H and O–H groups in total. The molecule has 0 fully saturated rings. The lowest BCUT2D eigenvalue weighted by molar-refractivity contribution is -0.139. The van der Waals surface area contributed by atoms with Crippen LogP contribution in [-0.2, 0) is 18.3 Å². The molecule has 0 saturated carbocycles. The zero-order valence-electron chi connectivity index (χ0n) is 10.6. The van der Waals surface area contributed by atoms with Crippen molar-refractivity contribution in [2.75, 3.05) is 6.54 Å². The van der Waals surface area contributed by atoms with Gasteiger partial charge in [-0.3, -0.25) is 4.68 Å². The highest BCUT2D eigenvalue weighted by atomic mass is 16.4. The van der Waals surface area contributed by atoms with Gasteiger partial charge >= 0.3 is 12.0 Å². The summed E-state index contributed by atoms with van der Waals surface area (Å²) in [5.74, 6) is 1.05. The summed E-state index contributed by atoms with van der Waals surface area (Å²) in [6, 6.07) is -1.62. The smallest absolute Gasteiger partial charge is 0.327 e. The fourth-order valence-corrected chi connectivity index (χ4v) is 1.45. The molecule has 102 valence electrons. The molecule has 0 saturated heterocycles. The molecule has 0 radical (unpaired) electrons. The van der Waals surface area contributed by atoms with Crippen LogP contribution >= 0.6 is 0 Å². The fourth-order valence-electron chi connectivity index (χ4n) is 1.45. The largest absolute Gasteiger partial charge is 0.480 e. The first-order valence-corrected chi connectivity index (χ1v) is 5.71. The molecule has 1 atom stereocenters. The molecule has 0 spiro atoms. The van der Waals surface area contributed by atoms with E-state index in [0.29, 0.717) is 13.0 Å². The zero-order chi connectivity index (χ0) is 14.3. The number of urea groups is 1. The van der Waals surface area contributed by atoms with Gasteiger partial charge < -0.3 is 15.7 Å². The maximum atomic E-state index is 11.5. The van der Waals surface area contributed by atoms with E-state index in [9.17, 15) is 9.59 Å². The first-order chi connectivity index (χ1) is 9.02. The van der Waals surface area contributed by atoms with Crippen molar-refractivity contribution in [3.8, 4) is 12.3 Å². The number of nitrogens with zero attached hydrogens (tertiary/aromatic N) is 2. The van der Waals surface area contributed by atoms with Crippen molar-refractivity contribution in [3.63, 3.8) is 0 Å². The number of hydrogen-bond acceptors (Lipinski definition) is 3. The Bertz CT molecular complexity index is 489. The van der Waals surface area contributed by atoms with Gasteiger partial charge in [0.1, 0.15) is 6.04 Å². The number of rotatable bonds is 6. The van der Waals surface area contributed by atoms with Crippen LogP contribution in [0.4, 0.5) is 4.79 Å². The summed E-state index contributed by atoms with van der Waals surface area (Å²) in [5.41, 5.74) is 0.987. The minimum Gasteiger partial charge on any atom is -0.480 e. The number of carboxylic acids is 1. The summed E-state index contributed by atoms with van der Waals surface area (Å²) in [6.07, 6.45) is 9.15. The van der Waals surface area contributed by atoms with Crippen molar-refractivity contribution < 1.29 is 14.7 Å². The van der Waals surface area contributed by atoms with Crippen LogP contribution < -0.4 is 10.6 Å². The van der Waals surface area contributed by atoms with Crippen LogP contribution in [0.15, 0.2) is 12.4 Å². The van der Waals surface area contributed by atoms with E-state index in [0.717, 1.165) is 5.56 Å². The Morgan fingerprint density at radius 2 is 2.37 bits per heavy atom. The topological polar surface area (TPSA) is 96.3 Å². The van der Waals surface area contributed by atoms with Gasteiger partial charge in [-0.05, 0) is 12.0 Å². The molecule has 7 nitrogen and oxygen atoms in total. The second-order valence-electron chi connectivity index (χ2n) is 3.97. The third-order valence-corrected chi connectivity index (χ3v) is 2.38. The van der Waals surface area contributed by atoms with Crippen molar-refractivity contribution in [1.82, 2.24) is 20.4 Å². The van der Waals surface area contributed by atoms with E-state index in [2.05, 4.69) is 21.7 Å². The van der Waals surface area contributed by atoms with Crippen molar-refractivity contribution in [3.05, 3.63) is 18.0 Å². The van der Waals surface area contributed by atoms with Gasteiger partial charge in [-0.15, -0.1) is 12.3 Å². The number of terminal acetylenes is 1. The van der Waals surface area contributed by atoms with E-state index in [1.165, 1.54) is 0 Å². The summed E-state index contributed by atoms with van der Waals surface area (Å²) < 4.78 is 1.67. The van der Waals surface area contributed by atoms with Crippen LogP contribution in [0.2, 0.25) is 0 Å². The number of amides is 2. The number of aliphatic carboxylic acids is 1. The average Bonchev–Trinajstić information content (AvgIpc) is 2.74. The van der Waals surface area contributed by atoms with Crippen molar-refractivity contribution in [2.45, 2.75) is 18.9 Å². The minimum absolute atomic E-state index is 0.0502. The Kier molecular flexibility index (Phi) is 5.41. The predicted molar refractivity (Wildman–Crippen MR) is 68.3 cm³/mol. The van der Waals surface area contributed by atoms with Gasteiger partial charge in [0.25, 0.3) is 0 Å². The monoisotopic (exact) mass is 264 g/mol. The number of hydrogen-bond donors (Lipinski definition) is 3. The Morgan fingerprint density at radius 3 is 2.89 bits per heavy atom. The van der Waals surface area contributed by atoms with Gasteiger partial charge in [0.05, 0.1) is 6.20 Å². The highest BCUT2D eigenvalue weighted by molar-refractivity contribution is 5.82. The summed E-state index contributed by atoms with van der Waals surface area (Å²) >= 11 is 0. The van der Waals surface area contributed by atoms with Crippen molar-refractivity contribution in [2.24, 2.45) is 7.05 Å². The van der Waals surface area contributed by atoms with Gasteiger partial charge in [0.15, 0.2) is 0 Å².